The maximum absolute atomic E-state index is 12.5. The third-order valence-corrected chi connectivity index (χ3v) is 5.59. The van der Waals surface area contributed by atoms with E-state index in [2.05, 4.69) is 5.43 Å². The highest BCUT2D eigenvalue weighted by atomic mass is 35.5. The summed E-state index contributed by atoms with van der Waals surface area (Å²) in [5, 5.41) is 1.21. The summed E-state index contributed by atoms with van der Waals surface area (Å²) < 4.78 is 0. The number of hydrogen-bond donors (Lipinski definition) is 1. The molecule has 3 amide bonds. The third kappa shape index (κ3) is 1.81. The van der Waals surface area contributed by atoms with Crippen molar-refractivity contribution < 1.29 is 14.4 Å². The number of carbonyl (C=O) groups is 3. The fourth-order valence-electron chi connectivity index (χ4n) is 4.33. The maximum atomic E-state index is 12.5. The Bertz CT molecular complexity index is 662. The minimum Gasteiger partial charge on any atom is -0.272 e. The van der Waals surface area contributed by atoms with Crippen molar-refractivity contribution in [3.8, 4) is 0 Å². The van der Waals surface area contributed by atoms with Gasteiger partial charge in [0, 0.05) is 0 Å². The minimum atomic E-state index is -0.528. The second-order valence-corrected chi connectivity index (χ2v) is 6.72. The Morgan fingerprint density at radius 1 is 1.09 bits per heavy atom. The predicted octanol–water partition coefficient (Wildman–Crippen LogP) is 2.02. The highest BCUT2D eigenvalue weighted by Crippen LogP contribution is 2.55. The van der Waals surface area contributed by atoms with Gasteiger partial charge in [-0.3, -0.25) is 19.8 Å². The van der Waals surface area contributed by atoms with Crippen molar-refractivity contribution in [1.29, 1.82) is 0 Å². The molecule has 0 spiro atoms. The lowest BCUT2D eigenvalue weighted by atomic mass is 9.81. The molecule has 4 atom stereocenters. The summed E-state index contributed by atoms with van der Waals surface area (Å²) in [5.74, 6) is -0.928. The topological polar surface area (TPSA) is 66.5 Å². The van der Waals surface area contributed by atoms with Crippen LogP contribution in [-0.4, -0.2) is 22.7 Å². The Hall–Kier alpha value is -1.88. The van der Waals surface area contributed by atoms with Crippen LogP contribution in [0.15, 0.2) is 24.3 Å². The number of hydrazine groups is 1. The SMILES string of the molecule is O=C(NN1C(=O)[C@@H]2[C@H]3CC[C@@H](C3)[C@@H]2C1=O)c1ccccc1Cl. The number of halogens is 1. The van der Waals surface area contributed by atoms with Gasteiger partial charge in [0.25, 0.3) is 17.7 Å². The summed E-state index contributed by atoms with van der Waals surface area (Å²) in [7, 11) is 0. The van der Waals surface area contributed by atoms with Crippen molar-refractivity contribution in [3.63, 3.8) is 0 Å². The molecule has 5 nitrogen and oxygen atoms in total. The molecule has 0 unspecified atom stereocenters. The van der Waals surface area contributed by atoms with Crippen molar-refractivity contribution in [2.45, 2.75) is 19.3 Å². The first kappa shape index (κ1) is 13.8. The third-order valence-electron chi connectivity index (χ3n) is 5.26. The predicted molar refractivity (Wildman–Crippen MR) is 78.6 cm³/mol. The molecular formula is C16H15ClN2O3. The Morgan fingerprint density at radius 2 is 1.68 bits per heavy atom. The fourth-order valence-corrected chi connectivity index (χ4v) is 4.55. The molecule has 0 aromatic heterocycles. The van der Waals surface area contributed by atoms with Gasteiger partial charge in [-0.1, -0.05) is 23.7 Å². The van der Waals surface area contributed by atoms with Crippen LogP contribution in [0, 0.1) is 23.7 Å². The number of fused-ring (bicyclic) bond motifs is 5. The smallest absolute Gasteiger partial charge is 0.271 e. The number of carbonyl (C=O) groups excluding carboxylic acids is 3. The summed E-state index contributed by atoms with van der Waals surface area (Å²) >= 11 is 5.98. The second-order valence-electron chi connectivity index (χ2n) is 6.32. The monoisotopic (exact) mass is 318 g/mol. The first-order chi connectivity index (χ1) is 10.6. The Labute approximate surface area is 132 Å². The minimum absolute atomic E-state index is 0.238. The van der Waals surface area contributed by atoms with Gasteiger partial charge >= 0.3 is 0 Å². The molecule has 2 bridgehead atoms. The van der Waals surface area contributed by atoms with E-state index in [1.807, 2.05) is 0 Å². The molecule has 1 aliphatic heterocycles. The zero-order valence-corrected chi connectivity index (χ0v) is 12.5. The Morgan fingerprint density at radius 3 is 2.27 bits per heavy atom. The van der Waals surface area contributed by atoms with Crippen LogP contribution in [0.5, 0.6) is 0 Å². The summed E-state index contributed by atoms with van der Waals surface area (Å²) in [6, 6.07) is 6.56. The standard InChI is InChI=1S/C16H15ClN2O3/c17-11-4-2-1-3-10(11)14(20)18-19-15(21)12-8-5-6-9(7-8)13(12)16(19)22/h1-4,8-9,12-13H,5-7H2,(H,18,20)/t8-,9-,12-,13+/m0/s1. The van der Waals surface area contributed by atoms with Crippen LogP contribution in [0.25, 0.3) is 0 Å². The number of nitrogens with one attached hydrogen (secondary N) is 1. The van der Waals surface area contributed by atoms with Crippen LogP contribution >= 0.6 is 11.6 Å². The van der Waals surface area contributed by atoms with Crippen molar-refractivity contribution in [3.05, 3.63) is 34.9 Å². The molecule has 3 aliphatic rings. The average molecular weight is 319 g/mol. The molecule has 0 radical (unpaired) electrons. The van der Waals surface area contributed by atoms with E-state index in [9.17, 15) is 14.4 Å². The largest absolute Gasteiger partial charge is 0.272 e. The van der Waals surface area contributed by atoms with E-state index in [4.69, 9.17) is 11.6 Å². The molecule has 2 saturated carbocycles. The van der Waals surface area contributed by atoms with Gasteiger partial charge in [0.05, 0.1) is 22.4 Å². The van der Waals surface area contributed by atoms with Gasteiger partial charge in [0.1, 0.15) is 0 Å². The van der Waals surface area contributed by atoms with Crippen LogP contribution in [0.1, 0.15) is 29.6 Å². The van der Waals surface area contributed by atoms with Crippen LogP contribution in [0.3, 0.4) is 0 Å². The van der Waals surface area contributed by atoms with Crippen LogP contribution in [-0.2, 0) is 9.59 Å². The molecular weight excluding hydrogens is 304 g/mol. The van der Waals surface area contributed by atoms with Crippen LogP contribution in [0.4, 0.5) is 0 Å². The highest BCUT2D eigenvalue weighted by molar-refractivity contribution is 6.33. The van der Waals surface area contributed by atoms with Gasteiger partial charge < -0.3 is 0 Å². The lowest BCUT2D eigenvalue weighted by Gasteiger charge is -2.19. The number of imide groups is 1. The zero-order chi connectivity index (χ0) is 15.4. The number of nitrogens with zero attached hydrogens (tertiary/aromatic N) is 1. The van der Waals surface area contributed by atoms with E-state index >= 15 is 0 Å². The van der Waals surface area contributed by atoms with Gasteiger partial charge in [0.15, 0.2) is 0 Å². The normalized spacial score (nSPS) is 32.5. The van der Waals surface area contributed by atoms with E-state index in [1.54, 1.807) is 24.3 Å². The first-order valence-electron chi connectivity index (χ1n) is 7.51. The molecule has 1 aromatic carbocycles. The van der Waals surface area contributed by atoms with Gasteiger partial charge in [0.2, 0.25) is 0 Å². The van der Waals surface area contributed by atoms with Crippen molar-refractivity contribution >= 4 is 29.3 Å². The van der Waals surface area contributed by atoms with Gasteiger partial charge in [-0.15, -0.1) is 0 Å². The second kappa shape index (κ2) is 4.81. The summed E-state index contributed by atoms with van der Waals surface area (Å²) in [6.07, 6.45) is 2.99. The fraction of sp³-hybridized carbons (Fsp3) is 0.438. The quantitative estimate of drug-likeness (QED) is 0.848. The Balaban J connectivity index is 1.57. The van der Waals surface area contributed by atoms with E-state index in [1.165, 1.54) is 0 Å². The Kier molecular flexibility index (Phi) is 3.01. The zero-order valence-electron chi connectivity index (χ0n) is 11.8. The molecule has 1 saturated heterocycles. The number of rotatable bonds is 2. The van der Waals surface area contributed by atoms with Crippen LogP contribution in [0.2, 0.25) is 5.02 Å². The molecule has 1 N–H and O–H groups in total. The molecule has 6 heteroatoms. The van der Waals surface area contributed by atoms with Crippen molar-refractivity contribution in [2.24, 2.45) is 23.7 Å². The summed E-state index contributed by atoms with van der Waals surface area (Å²) in [5.41, 5.74) is 2.70. The molecule has 1 aromatic rings. The van der Waals surface area contributed by atoms with E-state index in [0.717, 1.165) is 24.3 Å². The molecule has 22 heavy (non-hydrogen) atoms. The average Bonchev–Trinajstić information content (AvgIpc) is 3.17. The molecule has 4 rings (SSSR count). The van der Waals surface area contributed by atoms with Gasteiger partial charge in [-0.2, -0.15) is 5.01 Å². The summed E-state index contributed by atoms with van der Waals surface area (Å²) in [6.45, 7) is 0. The molecule has 114 valence electrons. The molecule has 2 aliphatic carbocycles. The summed E-state index contributed by atoms with van der Waals surface area (Å²) in [4.78, 5) is 37.3. The van der Waals surface area contributed by atoms with Crippen molar-refractivity contribution in [1.82, 2.24) is 10.4 Å². The van der Waals surface area contributed by atoms with Crippen molar-refractivity contribution in [2.75, 3.05) is 0 Å². The van der Waals surface area contributed by atoms with Gasteiger partial charge in [-0.05, 0) is 43.2 Å². The van der Waals surface area contributed by atoms with E-state index in [-0.39, 0.29) is 29.2 Å². The maximum Gasteiger partial charge on any atom is 0.271 e. The van der Waals surface area contributed by atoms with Crippen LogP contribution < -0.4 is 5.43 Å². The van der Waals surface area contributed by atoms with E-state index in [0.29, 0.717) is 16.9 Å². The number of hydrogen-bond acceptors (Lipinski definition) is 3. The first-order valence-corrected chi connectivity index (χ1v) is 7.89. The molecule has 1 heterocycles. The number of amides is 3. The molecule has 3 fully saturated rings. The lowest BCUT2D eigenvalue weighted by Crippen LogP contribution is -2.47. The van der Waals surface area contributed by atoms with Gasteiger partial charge in [-0.25, -0.2) is 0 Å². The highest BCUT2D eigenvalue weighted by Gasteiger charge is 2.61. The lowest BCUT2D eigenvalue weighted by molar-refractivity contribution is -0.143. The van der Waals surface area contributed by atoms with E-state index < -0.39 is 5.91 Å². The number of benzene rings is 1.